The summed E-state index contributed by atoms with van der Waals surface area (Å²) < 4.78 is 13.7. The average molecular weight is 347 g/mol. The quantitative estimate of drug-likeness (QED) is 0.720. The van der Waals surface area contributed by atoms with E-state index in [9.17, 15) is 14.3 Å². The molecule has 0 spiro atoms. The van der Waals surface area contributed by atoms with E-state index >= 15 is 0 Å². The Hall–Kier alpha value is -1.95. The highest BCUT2D eigenvalue weighted by Gasteiger charge is 2.24. The number of imidazole rings is 1. The van der Waals surface area contributed by atoms with Gasteiger partial charge in [-0.25, -0.2) is 9.37 Å². The fourth-order valence-corrected chi connectivity index (χ4v) is 3.78. The molecule has 25 heavy (non-hydrogen) atoms. The summed E-state index contributed by atoms with van der Waals surface area (Å²) in [5, 5.41) is 12.4. The SMILES string of the molecule is O=C(CCc1nc2c(F)cccc2[nH]1)NC(CCO)C1CCCCC1. The third-order valence-electron chi connectivity index (χ3n) is 5.11. The van der Waals surface area contributed by atoms with Crippen molar-refractivity contribution in [3.05, 3.63) is 29.8 Å². The molecular weight excluding hydrogens is 321 g/mol. The fraction of sp³-hybridized carbons (Fsp3) is 0.579. The van der Waals surface area contributed by atoms with Crippen LogP contribution in [0.4, 0.5) is 4.39 Å². The monoisotopic (exact) mass is 347 g/mol. The number of nitrogens with one attached hydrogen (secondary N) is 2. The van der Waals surface area contributed by atoms with E-state index in [0.29, 0.717) is 42.0 Å². The van der Waals surface area contributed by atoms with Crippen molar-refractivity contribution < 1.29 is 14.3 Å². The Balaban J connectivity index is 1.55. The van der Waals surface area contributed by atoms with Crippen LogP contribution in [-0.4, -0.2) is 33.6 Å². The molecule has 3 N–H and O–H groups in total. The van der Waals surface area contributed by atoms with E-state index in [1.807, 2.05) is 0 Å². The van der Waals surface area contributed by atoms with Crippen molar-refractivity contribution in [3.63, 3.8) is 0 Å². The molecule has 1 aliphatic carbocycles. The van der Waals surface area contributed by atoms with E-state index in [-0.39, 0.29) is 24.4 Å². The number of carbonyl (C=O) groups excluding carboxylic acids is 1. The molecule has 6 heteroatoms. The van der Waals surface area contributed by atoms with Gasteiger partial charge in [-0.15, -0.1) is 0 Å². The van der Waals surface area contributed by atoms with E-state index < -0.39 is 0 Å². The van der Waals surface area contributed by atoms with Gasteiger partial charge < -0.3 is 15.4 Å². The van der Waals surface area contributed by atoms with Gasteiger partial charge in [0.25, 0.3) is 0 Å². The van der Waals surface area contributed by atoms with Crippen LogP contribution in [0.1, 0.15) is 50.8 Å². The van der Waals surface area contributed by atoms with Gasteiger partial charge in [0.15, 0.2) is 5.82 Å². The molecule has 1 atom stereocenters. The number of H-pyrrole nitrogens is 1. The van der Waals surface area contributed by atoms with Gasteiger partial charge in [-0.05, 0) is 37.3 Å². The Morgan fingerprint density at radius 1 is 1.36 bits per heavy atom. The van der Waals surface area contributed by atoms with Gasteiger partial charge in [0.1, 0.15) is 11.3 Å². The molecule has 0 saturated heterocycles. The molecule has 1 saturated carbocycles. The van der Waals surface area contributed by atoms with Crippen LogP contribution >= 0.6 is 0 Å². The first-order valence-corrected chi connectivity index (χ1v) is 9.20. The molecule has 0 aliphatic heterocycles. The minimum atomic E-state index is -0.357. The molecule has 1 fully saturated rings. The summed E-state index contributed by atoms with van der Waals surface area (Å²) in [6.07, 6.45) is 7.25. The van der Waals surface area contributed by atoms with Crippen molar-refractivity contribution in [2.24, 2.45) is 5.92 Å². The Labute approximate surface area is 147 Å². The molecule has 3 rings (SSSR count). The van der Waals surface area contributed by atoms with Crippen LogP contribution < -0.4 is 5.32 Å². The number of amides is 1. The molecule has 0 radical (unpaired) electrons. The molecule has 1 aromatic heterocycles. The second-order valence-electron chi connectivity index (χ2n) is 6.90. The summed E-state index contributed by atoms with van der Waals surface area (Å²) in [6, 6.07) is 4.83. The summed E-state index contributed by atoms with van der Waals surface area (Å²) in [5.74, 6) is 0.687. The number of rotatable bonds is 7. The van der Waals surface area contributed by atoms with Gasteiger partial charge in [-0.3, -0.25) is 4.79 Å². The van der Waals surface area contributed by atoms with E-state index in [1.165, 1.54) is 25.3 Å². The van der Waals surface area contributed by atoms with Gasteiger partial charge in [0, 0.05) is 25.5 Å². The zero-order chi connectivity index (χ0) is 17.6. The summed E-state index contributed by atoms with van der Waals surface area (Å²) in [6.45, 7) is 0.0876. The normalized spacial score (nSPS) is 16.9. The maximum Gasteiger partial charge on any atom is 0.220 e. The predicted octanol–water partition coefficient (Wildman–Crippen LogP) is 3.08. The number of aromatic nitrogens is 2. The van der Waals surface area contributed by atoms with E-state index in [2.05, 4.69) is 15.3 Å². The van der Waals surface area contributed by atoms with Crippen molar-refractivity contribution in [2.75, 3.05) is 6.61 Å². The lowest BCUT2D eigenvalue weighted by Crippen LogP contribution is -2.41. The minimum absolute atomic E-state index is 0.0371. The van der Waals surface area contributed by atoms with Gasteiger partial charge in [0.2, 0.25) is 5.91 Å². The number of hydrogen-bond donors (Lipinski definition) is 3. The molecule has 0 bridgehead atoms. The Kier molecular flexibility index (Phi) is 6.02. The molecule has 5 nitrogen and oxygen atoms in total. The lowest BCUT2D eigenvalue weighted by Gasteiger charge is -2.30. The maximum absolute atomic E-state index is 13.7. The first kappa shape index (κ1) is 17.9. The summed E-state index contributed by atoms with van der Waals surface area (Å²) in [5.41, 5.74) is 0.967. The smallest absolute Gasteiger partial charge is 0.220 e. The molecular formula is C19H26FN3O2. The first-order valence-electron chi connectivity index (χ1n) is 9.20. The van der Waals surface area contributed by atoms with Crippen molar-refractivity contribution in [1.29, 1.82) is 0 Å². The number of aliphatic hydroxyl groups excluding tert-OH is 1. The van der Waals surface area contributed by atoms with Crippen LogP contribution in [0.15, 0.2) is 18.2 Å². The van der Waals surface area contributed by atoms with Gasteiger partial charge >= 0.3 is 0 Å². The number of benzene rings is 1. The van der Waals surface area contributed by atoms with E-state index in [4.69, 9.17) is 0 Å². The molecule has 1 amide bonds. The molecule has 1 aromatic carbocycles. The zero-order valence-electron chi connectivity index (χ0n) is 14.4. The van der Waals surface area contributed by atoms with Crippen molar-refractivity contribution in [3.8, 4) is 0 Å². The number of aromatic amines is 1. The Bertz CT molecular complexity index is 710. The fourth-order valence-electron chi connectivity index (χ4n) is 3.78. The van der Waals surface area contributed by atoms with Gasteiger partial charge in [-0.1, -0.05) is 25.3 Å². The summed E-state index contributed by atoms with van der Waals surface area (Å²) >= 11 is 0. The number of para-hydroxylation sites is 1. The van der Waals surface area contributed by atoms with E-state index in [0.717, 1.165) is 12.8 Å². The van der Waals surface area contributed by atoms with Crippen molar-refractivity contribution in [2.45, 2.75) is 57.4 Å². The third-order valence-corrected chi connectivity index (χ3v) is 5.11. The lowest BCUT2D eigenvalue weighted by molar-refractivity contribution is -0.122. The maximum atomic E-state index is 13.7. The number of halogens is 1. The molecule has 1 unspecified atom stereocenters. The Morgan fingerprint density at radius 2 is 2.16 bits per heavy atom. The second-order valence-corrected chi connectivity index (χ2v) is 6.90. The summed E-state index contributed by atoms with van der Waals surface area (Å²) in [4.78, 5) is 19.6. The van der Waals surface area contributed by atoms with Crippen molar-refractivity contribution in [1.82, 2.24) is 15.3 Å². The summed E-state index contributed by atoms with van der Waals surface area (Å²) in [7, 11) is 0. The predicted molar refractivity (Wildman–Crippen MR) is 94.6 cm³/mol. The van der Waals surface area contributed by atoms with Gasteiger partial charge in [0.05, 0.1) is 5.52 Å². The van der Waals surface area contributed by atoms with Crippen LogP contribution in [0.5, 0.6) is 0 Å². The van der Waals surface area contributed by atoms with Crippen LogP contribution in [0.3, 0.4) is 0 Å². The Morgan fingerprint density at radius 3 is 2.88 bits per heavy atom. The van der Waals surface area contributed by atoms with E-state index in [1.54, 1.807) is 12.1 Å². The highest BCUT2D eigenvalue weighted by atomic mass is 19.1. The first-order chi connectivity index (χ1) is 12.2. The van der Waals surface area contributed by atoms with Crippen molar-refractivity contribution >= 4 is 16.9 Å². The highest BCUT2D eigenvalue weighted by Crippen LogP contribution is 2.27. The molecule has 1 heterocycles. The molecule has 136 valence electrons. The van der Waals surface area contributed by atoms with Crippen LogP contribution in [0.2, 0.25) is 0 Å². The molecule has 1 aliphatic rings. The van der Waals surface area contributed by atoms with Gasteiger partial charge in [-0.2, -0.15) is 0 Å². The number of nitrogens with zero attached hydrogens (tertiary/aromatic N) is 1. The highest BCUT2D eigenvalue weighted by molar-refractivity contribution is 5.77. The largest absolute Gasteiger partial charge is 0.396 e. The number of hydrogen-bond acceptors (Lipinski definition) is 3. The molecule has 2 aromatic rings. The van der Waals surface area contributed by atoms with Crippen LogP contribution in [0, 0.1) is 11.7 Å². The van der Waals surface area contributed by atoms with Crippen LogP contribution in [-0.2, 0) is 11.2 Å². The third kappa shape index (κ3) is 4.57. The lowest BCUT2D eigenvalue weighted by atomic mass is 9.82. The number of carbonyl (C=O) groups is 1. The number of fused-ring (bicyclic) bond motifs is 1. The second kappa shape index (κ2) is 8.43. The minimum Gasteiger partial charge on any atom is -0.396 e. The average Bonchev–Trinajstić information content (AvgIpc) is 3.05. The topological polar surface area (TPSA) is 78.0 Å². The van der Waals surface area contributed by atoms with Crippen LogP contribution in [0.25, 0.3) is 11.0 Å². The number of aryl methyl sites for hydroxylation is 1. The number of aliphatic hydroxyl groups is 1. The standard InChI is InChI=1S/C19H26FN3O2/c20-14-7-4-8-16-19(14)23-17(21-16)9-10-18(25)22-15(11-12-24)13-5-2-1-3-6-13/h4,7-8,13,15,24H,1-3,5-6,9-12H2,(H,21,23)(H,22,25). The zero-order valence-corrected chi connectivity index (χ0v) is 14.4.